The minimum absolute atomic E-state index is 0.0113. The van der Waals surface area contributed by atoms with Crippen LogP contribution >= 0.6 is 11.3 Å². The zero-order chi connectivity index (χ0) is 22.0. The molecule has 0 saturated heterocycles. The number of aryl methyl sites for hydroxylation is 1. The summed E-state index contributed by atoms with van der Waals surface area (Å²) in [4.78, 5) is 28.9. The highest BCUT2D eigenvalue weighted by atomic mass is 32.1. The van der Waals surface area contributed by atoms with E-state index in [4.69, 9.17) is 0 Å². The normalized spacial score (nSPS) is 14.0. The molecular formula is C26H28N2O2S. The molecule has 5 heteroatoms. The molecule has 0 fully saturated rings. The van der Waals surface area contributed by atoms with Gasteiger partial charge in [0, 0.05) is 28.2 Å². The van der Waals surface area contributed by atoms with Crippen molar-refractivity contribution in [3.63, 3.8) is 0 Å². The smallest absolute Gasteiger partial charge is 0.258 e. The molecule has 2 amide bonds. The summed E-state index contributed by atoms with van der Waals surface area (Å²) >= 11 is 1.72. The fourth-order valence-corrected chi connectivity index (χ4v) is 4.75. The van der Waals surface area contributed by atoms with Gasteiger partial charge >= 0.3 is 0 Å². The molecule has 2 aromatic carbocycles. The number of fused-ring (bicyclic) bond motifs is 1. The number of hydrogen-bond acceptors (Lipinski definition) is 3. The number of nitrogens with zero attached hydrogens (tertiary/aromatic N) is 1. The molecule has 0 unspecified atom stereocenters. The number of benzene rings is 2. The Balaban J connectivity index is 1.45. The van der Waals surface area contributed by atoms with E-state index >= 15 is 0 Å². The number of nitrogens with one attached hydrogen (secondary N) is 1. The van der Waals surface area contributed by atoms with Crippen LogP contribution in [0.15, 0.2) is 60.0 Å². The predicted molar refractivity (Wildman–Crippen MR) is 128 cm³/mol. The zero-order valence-electron chi connectivity index (χ0n) is 18.3. The second-order valence-electron chi connectivity index (χ2n) is 9.00. The molecule has 31 heavy (non-hydrogen) atoms. The molecule has 0 spiro atoms. The Kier molecular flexibility index (Phi) is 5.96. The van der Waals surface area contributed by atoms with Gasteiger partial charge in [0.05, 0.1) is 5.69 Å². The van der Waals surface area contributed by atoms with Crippen molar-refractivity contribution in [3.8, 4) is 0 Å². The Morgan fingerprint density at radius 2 is 1.58 bits per heavy atom. The van der Waals surface area contributed by atoms with E-state index < -0.39 is 0 Å². The quantitative estimate of drug-likeness (QED) is 0.529. The maximum atomic E-state index is 13.1. The number of rotatable bonds is 3. The third-order valence-electron chi connectivity index (χ3n) is 5.70. The van der Waals surface area contributed by atoms with Gasteiger partial charge in [-0.2, -0.15) is 0 Å². The van der Waals surface area contributed by atoms with Gasteiger partial charge in [-0.1, -0.05) is 32.9 Å². The van der Waals surface area contributed by atoms with Gasteiger partial charge in [0.2, 0.25) is 0 Å². The first-order valence-corrected chi connectivity index (χ1v) is 11.6. The lowest BCUT2D eigenvalue weighted by molar-refractivity contribution is 0.0986. The molecule has 0 bridgehead atoms. The summed E-state index contributed by atoms with van der Waals surface area (Å²) in [7, 11) is 0. The van der Waals surface area contributed by atoms with Crippen molar-refractivity contribution in [1.82, 2.24) is 0 Å². The molecule has 3 aromatic rings. The Hall–Kier alpha value is -2.92. The van der Waals surface area contributed by atoms with Crippen molar-refractivity contribution in [2.75, 3.05) is 16.8 Å². The van der Waals surface area contributed by atoms with Gasteiger partial charge in [-0.05, 0) is 78.1 Å². The van der Waals surface area contributed by atoms with Crippen molar-refractivity contribution in [3.05, 3.63) is 81.5 Å². The zero-order valence-corrected chi connectivity index (χ0v) is 19.1. The standard InChI is InChI=1S/C26H28N2O2S/c1-26(2,3)20-11-7-18(8-12-20)24(29)27-21-13-9-19(10-14-21)25(30)28-16-5-4-6-23-22(28)15-17-31-23/h7-15,17H,4-6,16H2,1-3H3,(H,27,29). The highest BCUT2D eigenvalue weighted by Gasteiger charge is 2.23. The van der Waals surface area contributed by atoms with E-state index in [-0.39, 0.29) is 17.2 Å². The number of anilines is 2. The van der Waals surface area contributed by atoms with E-state index in [1.165, 1.54) is 10.4 Å². The Labute approximate surface area is 187 Å². The van der Waals surface area contributed by atoms with Crippen LogP contribution in [0.25, 0.3) is 0 Å². The minimum atomic E-state index is -0.157. The summed E-state index contributed by atoms with van der Waals surface area (Å²) in [5.74, 6) is -0.146. The molecule has 1 N–H and O–H groups in total. The highest BCUT2D eigenvalue weighted by molar-refractivity contribution is 7.10. The number of carbonyl (C=O) groups excluding carboxylic acids is 2. The maximum Gasteiger partial charge on any atom is 0.258 e. The summed E-state index contributed by atoms with van der Waals surface area (Å²) in [6.45, 7) is 7.19. The molecule has 0 saturated carbocycles. The van der Waals surface area contributed by atoms with E-state index in [1.54, 1.807) is 35.6 Å². The molecular weight excluding hydrogens is 404 g/mol. The predicted octanol–water partition coefficient (Wildman–Crippen LogP) is 6.28. The van der Waals surface area contributed by atoms with Crippen LogP contribution < -0.4 is 10.2 Å². The van der Waals surface area contributed by atoms with Crippen LogP contribution in [0.2, 0.25) is 0 Å². The lowest BCUT2D eigenvalue weighted by Crippen LogP contribution is -2.31. The lowest BCUT2D eigenvalue weighted by Gasteiger charge is -2.21. The van der Waals surface area contributed by atoms with Gasteiger partial charge < -0.3 is 10.2 Å². The first kappa shape index (κ1) is 21.3. The van der Waals surface area contributed by atoms with Gasteiger partial charge in [0.1, 0.15) is 0 Å². The lowest BCUT2D eigenvalue weighted by atomic mass is 9.87. The fourth-order valence-electron chi connectivity index (χ4n) is 3.83. The monoisotopic (exact) mass is 432 g/mol. The highest BCUT2D eigenvalue weighted by Crippen LogP contribution is 2.32. The second-order valence-corrected chi connectivity index (χ2v) is 10.0. The van der Waals surface area contributed by atoms with E-state index in [2.05, 4.69) is 31.5 Å². The third-order valence-corrected chi connectivity index (χ3v) is 6.67. The molecule has 4 nitrogen and oxygen atoms in total. The molecule has 1 aliphatic heterocycles. The first-order chi connectivity index (χ1) is 14.8. The van der Waals surface area contributed by atoms with Crippen LogP contribution in [-0.4, -0.2) is 18.4 Å². The molecule has 1 aromatic heterocycles. The second kappa shape index (κ2) is 8.67. The summed E-state index contributed by atoms with van der Waals surface area (Å²) in [5.41, 5.74) is 4.20. The van der Waals surface area contributed by atoms with E-state index in [9.17, 15) is 9.59 Å². The van der Waals surface area contributed by atoms with Crippen molar-refractivity contribution in [1.29, 1.82) is 0 Å². The van der Waals surface area contributed by atoms with Crippen molar-refractivity contribution >= 4 is 34.5 Å². The Morgan fingerprint density at radius 1 is 0.903 bits per heavy atom. The SMILES string of the molecule is CC(C)(C)c1ccc(C(=O)Nc2ccc(C(=O)N3CCCCc4sccc43)cc2)cc1. The van der Waals surface area contributed by atoms with Crippen molar-refractivity contribution < 1.29 is 9.59 Å². The van der Waals surface area contributed by atoms with Gasteiger partial charge in [0.25, 0.3) is 11.8 Å². The van der Waals surface area contributed by atoms with Crippen molar-refractivity contribution in [2.45, 2.75) is 45.4 Å². The average molecular weight is 433 g/mol. The van der Waals surface area contributed by atoms with E-state index in [0.29, 0.717) is 16.8 Å². The van der Waals surface area contributed by atoms with Gasteiger partial charge in [-0.25, -0.2) is 0 Å². The van der Waals surface area contributed by atoms with Gasteiger partial charge in [0.15, 0.2) is 0 Å². The summed E-state index contributed by atoms with van der Waals surface area (Å²) < 4.78 is 0. The average Bonchev–Trinajstić information content (AvgIpc) is 3.12. The summed E-state index contributed by atoms with van der Waals surface area (Å²) in [6.07, 6.45) is 3.16. The molecule has 160 valence electrons. The van der Waals surface area contributed by atoms with Crippen LogP contribution in [-0.2, 0) is 11.8 Å². The summed E-state index contributed by atoms with van der Waals surface area (Å²) in [5, 5.41) is 4.98. The van der Waals surface area contributed by atoms with Crippen LogP contribution in [0, 0.1) is 0 Å². The molecule has 0 aliphatic carbocycles. The van der Waals surface area contributed by atoms with E-state index in [1.807, 2.05) is 35.2 Å². The first-order valence-electron chi connectivity index (χ1n) is 10.7. The summed E-state index contributed by atoms with van der Waals surface area (Å²) in [6, 6.07) is 16.9. The van der Waals surface area contributed by atoms with Crippen LogP contribution in [0.5, 0.6) is 0 Å². The molecule has 1 aliphatic rings. The fraction of sp³-hybridized carbons (Fsp3) is 0.308. The Morgan fingerprint density at radius 3 is 2.26 bits per heavy atom. The number of carbonyl (C=O) groups is 2. The van der Waals surface area contributed by atoms with Crippen LogP contribution in [0.3, 0.4) is 0 Å². The van der Waals surface area contributed by atoms with Crippen LogP contribution in [0.1, 0.15) is 64.8 Å². The largest absolute Gasteiger partial charge is 0.322 e. The molecule has 0 radical (unpaired) electrons. The van der Waals surface area contributed by atoms with Gasteiger partial charge in [-0.3, -0.25) is 9.59 Å². The van der Waals surface area contributed by atoms with Crippen molar-refractivity contribution in [2.24, 2.45) is 0 Å². The maximum absolute atomic E-state index is 13.1. The topological polar surface area (TPSA) is 49.4 Å². The van der Waals surface area contributed by atoms with Crippen LogP contribution in [0.4, 0.5) is 11.4 Å². The minimum Gasteiger partial charge on any atom is -0.322 e. The number of amides is 2. The Bertz CT molecular complexity index is 1080. The van der Waals surface area contributed by atoms with Gasteiger partial charge in [-0.15, -0.1) is 11.3 Å². The third kappa shape index (κ3) is 4.72. The van der Waals surface area contributed by atoms with E-state index in [0.717, 1.165) is 31.5 Å². The molecule has 2 heterocycles. The number of hydrogen-bond donors (Lipinski definition) is 1. The molecule has 4 rings (SSSR count). The number of thiophene rings is 1. The molecule has 0 atom stereocenters.